The number of halogens is 2. The van der Waals surface area contributed by atoms with Crippen LogP contribution in [0.25, 0.3) is 11.1 Å². The van der Waals surface area contributed by atoms with Gasteiger partial charge < -0.3 is 0 Å². The van der Waals surface area contributed by atoms with Crippen LogP contribution in [0, 0.1) is 35.3 Å². The van der Waals surface area contributed by atoms with Gasteiger partial charge in [0.25, 0.3) is 0 Å². The van der Waals surface area contributed by atoms with Gasteiger partial charge in [-0.25, -0.2) is 8.78 Å². The summed E-state index contributed by atoms with van der Waals surface area (Å²) in [6, 6.07) is 17.4. The maximum absolute atomic E-state index is 14.0. The monoisotopic (exact) mass is 413 g/mol. The molecule has 0 saturated heterocycles. The summed E-state index contributed by atoms with van der Waals surface area (Å²) < 4.78 is 28.1. The molecule has 0 amide bonds. The highest BCUT2D eigenvalue weighted by Gasteiger charge is 2.11. The maximum Gasteiger partial charge on any atom is 0.153 e. The Morgan fingerprint density at radius 1 is 0.767 bits per heavy atom. The second-order valence-corrected chi connectivity index (χ2v) is 6.63. The van der Waals surface area contributed by atoms with E-state index in [9.17, 15) is 8.78 Å². The molecule has 0 aromatic heterocycles. The summed E-state index contributed by atoms with van der Waals surface area (Å²) in [7, 11) is 0. The number of unbranched alkanes of at least 4 members (excludes halogenated alkanes) is 1. The van der Waals surface area contributed by atoms with Crippen LogP contribution in [0.2, 0.25) is 0 Å². The number of isothiocyanates is 1. The molecule has 30 heavy (non-hydrogen) atoms. The van der Waals surface area contributed by atoms with Crippen LogP contribution in [0.3, 0.4) is 0 Å². The van der Waals surface area contributed by atoms with Gasteiger partial charge in [-0.15, -0.1) is 0 Å². The standard InChI is InChI=1S/C26H17F2NS/c1-2-3-4-5-19-6-8-20(9-7-19)10-11-21-12-14-22(15-13-21)23-16-24(27)26(29-18-30)25(28)17-23/h6-9,12-17H,2-3H2,1H3. The molecule has 0 spiro atoms. The average molecular weight is 413 g/mol. The SMILES string of the molecule is CCCC#Cc1ccc(C#Cc2ccc(-c3cc(F)c(N=C=S)c(F)c3)cc2)cc1. The Balaban J connectivity index is 1.76. The summed E-state index contributed by atoms with van der Waals surface area (Å²) in [6.07, 6.45) is 1.94. The third-order valence-corrected chi connectivity index (χ3v) is 4.33. The van der Waals surface area contributed by atoms with Gasteiger partial charge in [0.2, 0.25) is 0 Å². The molecule has 0 bridgehead atoms. The molecule has 0 unspecified atom stereocenters. The molecule has 3 aromatic carbocycles. The first-order valence-corrected chi connectivity index (χ1v) is 9.80. The Morgan fingerprint density at radius 2 is 1.27 bits per heavy atom. The summed E-state index contributed by atoms with van der Waals surface area (Å²) >= 11 is 4.41. The minimum atomic E-state index is -0.783. The van der Waals surface area contributed by atoms with Crippen molar-refractivity contribution in [2.45, 2.75) is 19.8 Å². The lowest BCUT2D eigenvalue weighted by molar-refractivity contribution is 0.588. The van der Waals surface area contributed by atoms with Gasteiger partial charge in [-0.2, -0.15) is 4.99 Å². The lowest BCUT2D eigenvalue weighted by Crippen LogP contribution is -1.87. The van der Waals surface area contributed by atoms with Gasteiger partial charge in [0.1, 0.15) is 5.69 Å². The molecule has 3 aromatic rings. The first-order valence-electron chi connectivity index (χ1n) is 9.39. The Morgan fingerprint density at radius 3 is 1.77 bits per heavy atom. The molecule has 4 heteroatoms. The molecule has 0 aliphatic carbocycles. The third-order valence-electron chi connectivity index (χ3n) is 4.24. The zero-order valence-corrected chi connectivity index (χ0v) is 17.1. The van der Waals surface area contributed by atoms with Crippen LogP contribution in [-0.2, 0) is 0 Å². The normalized spacial score (nSPS) is 9.57. The van der Waals surface area contributed by atoms with E-state index >= 15 is 0 Å². The van der Waals surface area contributed by atoms with Crippen LogP contribution in [0.1, 0.15) is 36.5 Å². The smallest absolute Gasteiger partial charge is 0.153 e. The summed E-state index contributed by atoms with van der Waals surface area (Å²) in [6.45, 7) is 2.10. The van der Waals surface area contributed by atoms with Crippen LogP contribution in [0.15, 0.2) is 65.7 Å². The van der Waals surface area contributed by atoms with E-state index in [1.165, 1.54) is 12.1 Å². The van der Waals surface area contributed by atoms with Gasteiger partial charge in [0.15, 0.2) is 11.6 Å². The molecular weight excluding hydrogens is 396 g/mol. The van der Waals surface area contributed by atoms with Crippen molar-refractivity contribution in [3.63, 3.8) is 0 Å². The van der Waals surface area contributed by atoms with Crippen LogP contribution in [0.4, 0.5) is 14.5 Å². The van der Waals surface area contributed by atoms with E-state index in [1.807, 2.05) is 41.6 Å². The predicted molar refractivity (Wildman–Crippen MR) is 121 cm³/mol. The van der Waals surface area contributed by atoms with E-state index in [0.717, 1.165) is 29.5 Å². The minimum Gasteiger partial charge on any atom is -0.204 e. The molecule has 0 saturated carbocycles. The summed E-state index contributed by atoms with van der Waals surface area (Å²) in [5.74, 6) is 10.9. The van der Waals surface area contributed by atoms with E-state index in [-0.39, 0.29) is 0 Å². The van der Waals surface area contributed by atoms with E-state index in [4.69, 9.17) is 0 Å². The van der Waals surface area contributed by atoms with E-state index in [1.54, 1.807) is 12.1 Å². The maximum atomic E-state index is 14.0. The molecular formula is C26H17F2NS. The van der Waals surface area contributed by atoms with Crippen molar-refractivity contribution in [3.8, 4) is 34.8 Å². The molecule has 146 valence electrons. The zero-order valence-electron chi connectivity index (χ0n) is 16.3. The summed E-state index contributed by atoms with van der Waals surface area (Å²) in [4.78, 5) is 3.42. The summed E-state index contributed by atoms with van der Waals surface area (Å²) in [5.41, 5.74) is 3.31. The molecule has 0 heterocycles. The molecule has 0 N–H and O–H groups in total. The molecule has 0 aliphatic heterocycles. The number of aliphatic imine (C=N–C) groups is 1. The van der Waals surface area contributed by atoms with Crippen molar-refractivity contribution in [1.29, 1.82) is 0 Å². The topological polar surface area (TPSA) is 12.4 Å². The number of benzene rings is 3. The van der Waals surface area contributed by atoms with E-state index in [2.05, 4.69) is 47.8 Å². The quantitative estimate of drug-likeness (QED) is 0.258. The fourth-order valence-corrected chi connectivity index (χ4v) is 2.79. The molecule has 3 rings (SSSR count). The number of hydrogen-bond donors (Lipinski definition) is 0. The Hall–Kier alpha value is -3.56. The highest BCUT2D eigenvalue weighted by atomic mass is 32.1. The second-order valence-electron chi connectivity index (χ2n) is 6.45. The Kier molecular flexibility index (Phi) is 7.25. The number of nitrogens with zero attached hydrogens (tertiary/aromatic N) is 1. The molecule has 0 radical (unpaired) electrons. The second kappa shape index (κ2) is 10.3. The van der Waals surface area contributed by atoms with Crippen molar-refractivity contribution >= 4 is 23.1 Å². The lowest BCUT2D eigenvalue weighted by Gasteiger charge is -2.05. The van der Waals surface area contributed by atoms with Crippen LogP contribution in [-0.4, -0.2) is 5.16 Å². The van der Waals surface area contributed by atoms with Crippen molar-refractivity contribution in [1.82, 2.24) is 0 Å². The van der Waals surface area contributed by atoms with E-state index in [0.29, 0.717) is 11.1 Å². The van der Waals surface area contributed by atoms with Crippen LogP contribution < -0.4 is 0 Å². The van der Waals surface area contributed by atoms with Crippen molar-refractivity contribution < 1.29 is 8.78 Å². The minimum absolute atomic E-state index is 0.410. The first-order chi connectivity index (χ1) is 14.6. The van der Waals surface area contributed by atoms with Gasteiger partial charge >= 0.3 is 0 Å². The van der Waals surface area contributed by atoms with Gasteiger partial charge in [0.05, 0.1) is 5.16 Å². The first kappa shape index (κ1) is 21.2. The third kappa shape index (κ3) is 5.49. The largest absolute Gasteiger partial charge is 0.204 e. The number of thiocarbonyl (C=S) groups is 1. The molecule has 0 atom stereocenters. The predicted octanol–water partition coefficient (Wildman–Crippen LogP) is 6.92. The fraction of sp³-hybridized carbons (Fsp3) is 0.115. The van der Waals surface area contributed by atoms with Crippen molar-refractivity contribution in [2.75, 3.05) is 0 Å². The fourth-order valence-electron chi connectivity index (χ4n) is 2.70. The highest BCUT2D eigenvalue weighted by Crippen LogP contribution is 2.29. The van der Waals surface area contributed by atoms with Crippen molar-refractivity contribution in [2.24, 2.45) is 4.99 Å². The van der Waals surface area contributed by atoms with E-state index < -0.39 is 17.3 Å². The van der Waals surface area contributed by atoms with Crippen LogP contribution in [0.5, 0.6) is 0 Å². The van der Waals surface area contributed by atoms with Gasteiger partial charge in [-0.05, 0) is 78.3 Å². The van der Waals surface area contributed by atoms with Gasteiger partial charge in [-0.3, -0.25) is 0 Å². The lowest BCUT2D eigenvalue weighted by atomic mass is 10.0. The van der Waals surface area contributed by atoms with Gasteiger partial charge in [-0.1, -0.05) is 42.7 Å². The Bertz CT molecular complexity index is 1190. The molecule has 0 fully saturated rings. The number of hydrogen-bond acceptors (Lipinski definition) is 2. The zero-order chi connectivity index (χ0) is 21.3. The summed E-state index contributed by atoms with van der Waals surface area (Å²) in [5, 5.41) is 1.98. The average Bonchev–Trinajstić information content (AvgIpc) is 2.76. The molecule has 0 aliphatic rings. The van der Waals surface area contributed by atoms with Crippen molar-refractivity contribution in [3.05, 3.63) is 89.0 Å². The highest BCUT2D eigenvalue weighted by molar-refractivity contribution is 7.78. The Labute approximate surface area is 180 Å². The van der Waals surface area contributed by atoms with Gasteiger partial charge in [0, 0.05) is 23.1 Å². The number of rotatable bonds is 3. The molecule has 1 nitrogen and oxygen atoms in total. The van der Waals surface area contributed by atoms with Crippen LogP contribution >= 0.6 is 12.2 Å².